The minimum atomic E-state index is -0.615. The quantitative estimate of drug-likeness (QED) is 0.353. The molecule has 3 heterocycles. The standard InChI is InChI=1S/C20H21N5O5S2/c1-4-29-18(27)14-11(3)15(19(28)30-5-2)32-17(14)22-13(26)10-31-20-23-16(24-25-20)12-6-8-21-9-7-12/h6-9H,4-5,10H2,1-3H3,(H,22,26)(H,23,24,25). The number of H-pyrrole nitrogens is 1. The fraction of sp³-hybridized carbons (Fsp3) is 0.300. The highest BCUT2D eigenvalue weighted by Crippen LogP contribution is 2.34. The average molecular weight is 476 g/mol. The number of nitrogens with zero attached hydrogens (tertiary/aromatic N) is 3. The summed E-state index contributed by atoms with van der Waals surface area (Å²) < 4.78 is 10.1. The molecule has 3 rings (SSSR count). The predicted molar refractivity (Wildman–Crippen MR) is 120 cm³/mol. The van der Waals surface area contributed by atoms with Gasteiger partial charge in [0.15, 0.2) is 5.82 Å². The second-order valence-corrected chi connectivity index (χ2v) is 8.20. The van der Waals surface area contributed by atoms with Crippen LogP contribution in [0.4, 0.5) is 5.00 Å². The van der Waals surface area contributed by atoms with E-state index < -0.39 is 11.9 Å². The number of esters is 2. The number of pyridine rings is 1. The van der Waals surface area contributed by atoms with Gasteiger partial charge in [0, 0.05) is 18.0 Å². The van der Waals surface area contributed by atoms with E-state index in [1.807, 2.05) is 0 Å². The molecule has 0 atom stereocenters. The molecule has 3 aromatic rings. The van der Waals surface area contributed by atoms with Gasteiger partial charge in [-0.2, -0.15) is 0 Å². The third-order valence-electron chi connectivity index (χ3n) is 4.09. The van der Waals surface area contributed by atoms with Gasteiger partial charge in [-0.15, -0.1) is 16.4 Å². The molecule has 0 radical (unpaired) electrons. The van der Waals surface area contributed by atoms with E-state index in [9.17, 15) is 14.4 Å². The van der Waals surface area contributed by atoms with Crippen molar-refractivity contribution in [2.75, 3.05) is 24.3 Å². The lowest BCUT2D eigenvalue weighted by Crippen LogP contribution is -2.16. The molecule has 0 aliphatic rings. The molecule has 168 valence electrons. The molecule has 0 aliphatic heterocycles. The van der Waals surface area contributed by atoms with Crippen molar-refractivity contribution in [3.05, 3.63) is 40.5 Å². The summed E-state index contributed by atoms with van der Waals surface area (Å²) in [6.45, 7) is 5.35. The SMILES string of the molecule is CCOC(=O)c1sc(NC(=O)CSc2n[nH]c(-c3ccncc3)n2)c(C(=O)OCC)c1C. The largest absolute Gasteiger partial charge is 0.462 e. The Morgan fingerprint density at radius 2 is 1.81 bits per heavy atom. The van der Waals surface area contributed by atoms with Gasteiger partial charge in [0.05, 0.1) is 24.5 Å². The van der Waals surface area contributed by atoms with E-state index in [0.29, 0.717) is 16.5 Å². The minimum Gasteiger partial charge on any atom is -0.462 e. The molecule has 3 aromatic heterocycles. The molecule has 0 spiro atoms. The Balaban J connectivity index is 1.71. The highest BCUT2D eigenvalue weighted by Gasteiger charge is 2.27. The first kappa shape index (κ1) is 23.4. The zero-order valence-electron chi connectivity index (χ0n) is 17.6. The summed E-state index contributed by atoms with van der Waals surface area (Å²) in [6.07, 6.45) is 3.29. The number of ether oxygens (including phenoxy) is 2. The molecule has 10 nitrogen and oxygen atoms in total. The van der Waals surface area contributed by atoms with Crippen molar-refractivity contribution in [1.82, 2.24) is 20.2 Å². The van der Waals surface area contributed by atoms with Crippen LogP contribution in [0.2, 0.25) is 0 Å². The minimum absolute atomic E-state index is 0.00158. The first-order valence-electron chi connectivity index (χ1n) is 9.67. The Kier molecular flexibility index (Phi) is 7.95. The van der Waals surface area contributed by atoms with Crippen LogP contribution in [0.1, 0.15) is 39.4 Å². The number of carbonyl (C=O) groups is 3. The molecule has 0 fully saturated rings. The number of amides is 1. The van der Waals surface area contributed by atoms with Gasteiger partial charge in [-0.25, -0.2) is 14.6 Å². The molecule has 0 bridgehead atoms. The Morgan fingerprint density at radius 3 is 2.50 bits per heavy atom. The van der Waals surface area contributed by atoms with Crippen molar-refractivity contribution in [1.29, 1.82) is 0 Å². The van der Waals surface area contributed by atoms with Crippen molar-refractivity contribution in [2.24, 2.45) is 0 Å². The summed E-state index contributed by atoms with van der Waals surface area (Å²) in [4.78, 5) is 45.7. The predicted octanol–water partition coefficient (Wildman–Crippen LogP) is 3.32. The van der Waals surface area contributed by atoms with Gasteiger partial charge in [0.2, 0.25) is 11.1 Å². The summed E-state index contributed by atoms with van der Waals surface area (Å²) in [5.41, 5.74) is 1.38. The maximum absolute atomic E-state index is 12.5. The summed E-state index contributed by atoms with van der Waals surface area (Å²) in [5, 5.41) is 10.2. The third kappa shape index (κ3) is 5.51. The first-order valence-corrected chi connectivity index (χ1v) is 11.5. The molecule has 0 aliphatic carbocycles. The molecule has 32 heavy (non-hydrogen) atoms. The fourth-order valence-electron chi connectivity index (χ4n) is 2.68. The molecule has 12 heteroatoms. The van der Waals surface area contributed by atoms with E-state index in [1.54, 1.807) is 45.3 Å². The van der Waals surface area contributed by atoms with Crippen LogP contribution in [0.15, 0.2) is 29.7 Å². The van der Waals surface area contributed by atoms with E-state index in [2.05, 4.69) is 25.5 Å². The topological polar surface area (TPSA) is 136 Å². The smallest absolute Gasteiger partial charge is 0.348 e. The lowest BCUT2D eigenvalue weighted by molar-refractivity contribution is -0.113. The second kappa shape index (κ2) is 10.9. The highest BCUT2D eigenvalue weighted by atomic mass is 32.2. The molecular weight excluding hydrogens is 454 g/mol. The summed E-state index contributed by atoms with van der Waals surface area (Å²) in [7, 11) is 0. The van der Waals surface area contributed by atoms with Crippen LogP contribution in [0.25, 0.3) is 11.4 Å². The van der Waals surface area contributed by atoms with Crippen molar-refractivity contribution in [2.45, 2.75) is 25.9 Å². The number of aromatic amines is 1. The van der Waals surface area contributed by atoms with Gasteiger partial charge < -0.3 is 14.8 Å². The maximum Gasteiger partial charge on any atom is 0.348 e. The highest BCUT2D eigenvalue weighted by molar-refractivity contribution is 7.99. The number of aromatic nitrogens is 4. The van der Waals surface area contributed by atoms with E-state index in [1.165, 1.54) is 0 Å². The van der Waals surface area contributed by atoms with Crippen molar-refractivity contribution >= 4 is 45.9 Å². The van der Waals surface area contributed by atoms with E-state index in [4.69, 9.17) is 9.47 Å². The lowest BCUT2D eigenvalue weighted by atomic mass is 10.1. The van der Waals surface area contributed by atoms with Crippen LogP contribution in [-0.2, 0) is 14.3 Å². The number of thiophene rings is 1. The van der Waals surface area contributed by atoms with Crippen LogP contribution < -0.4 is 5.32 Å². The average Bonchev–Trinajstić information content (AvgIpc) is 3.38. The Labute approximate surface area is 192 Å². The maximum atomic E-state index is 12.5. The van der Waals surface area contributed by atoms with E-state index in [0.717, 1.165) is 28.7 Å². The van der Waals surface area contributed by atoms with Gasteiger partial charge in [-0.3, -0.25) is 14.9 Å². The van der Waals surface area contributed by atoms with Gasteiger partial charge in [-0.05, 0) is 38.5 Å². The Morgan fingerprint density at radius 1 is 1.12 bits per heavy atom. The molecule has 0 saturated carbocycles. The number of nitrogens with one attached hydrogen (secondary N) is 2. The van der Waals surface area contributed by atoms with Gasteiger partial charge in [0.1, 0.15) is 9.88 Å². The normalized spacial score (nSPS) is 10.6. The Hall–Kier alpha value is -3.25. The van der Waals surface area contributed by atoms with Gasteiger partial charge >= 0.3 is 11.9 Å². The van der Waals surface area contributed by atoms with Crippen molar-refractivity contribution < 1.29 is 23.9 Å². The number of rotatable bonds is 9. The number of carbonyl (C=O) groups excluding carboxylic acids is 3. The molecule has 0 unspecified atom stereocenters. The van der Waals surface area contributed by atoms with Crippen LogP contribution in [-0.4, -0.2) is 57.0 Å². The van der Waals surface area contributed by atoms with Crippen LogP contribution >= 0.6 is 23.1 Å². The summed E-state index contributed by atoms with van der Waals surface area (Å²) in [5.74, 6) is -0.988. The first-order chi connectivity index (χ1) is 15.4. The van der Waals surface area contributed by atoms with Crippen LogP contribution in [0.3, 0.4) is 0 Å². The van der Waals surface area contributed by atoms with Crippen molar-refractivity contribution in [3.63, 3.8) is 0 Å². The lowest BCUT2D eigenvalue weighted by Gasteiger charge is -2.06. The molecule has 0 aromatic carbocycles. The zero-order valence-corrected chi connectivity index (χ0v) is 19.3. The molecule has 0 saturated heterocycles. The summed E-state index contributed by atoms with van der Waals surface area (Å²) in [6, 6.07) is 3.58. The number of hydrogen-bond acceptors (Lipinski definition) is 10. The molecule has 1 amide bonds. The molecular formula is C20H21N5O5S2. The third-order valence-corrected chi connectivity index (χ3v) is 6.13. The summed E-state index contributed by atoms with van der Waals surface area (Å²) >= 11 is 2.11. The van der Waals surface area contributed by atoms with Crippen LogP contribution in [0, 0.1) is 6.92 Å². The molecule has 2 N–H and O–H groups in total. The number of anilines is 1. The van der Waals surface area contributed by atoms with Crippen LogP contribution in [0.5, 0.6) is 0 Å². The number of thioether (sulfide) groups is 1. The van der Waals surface area contributed by atoms with E-state index >= 15 is 0 Å². The monoisotopic (exact) mass is 475 g/mol. The van der Waals surface area contributed by atoms with Gasteiger partial charge in [-0.1, -0.05) is 11.8 Å². The Bertz CT molecular complexity index is 1110. The van der Waals surface area contributed by atoms with Gasteiger partial charge in [0.25, 0.3) is 0 Å². The number of hydrogen-bond donors (Lipinski definition) is 2. The van der Waals surface area contributed by atoms with E-state index in [-0.39, 0.29) is 40.3 Å². The van der Waals surface area contributed by atoms with Crippen molar-refractivity contribution in [3.8, 4) is 11.4 Å². The second-order valence-electron chi connectivity index (χ2n) is 6.24. The fourth-order valence-corrected chi connectivity index (χ4v) is 4.39. The zero-order chi connectivity index (χ0) is 23.1.